The number of amides is 1. The van der Waals surface area contributed by atoms with Crippen LogP contribution in [0.5, 0.6) is 0 Å². The van der Waals surface area contributed by atoms with Crippen molar-refractivity contribution in [1.29, 1.82) is 0 Å². The molecule has 3 aromatic rings. The molecule has 0 aliphatic heterocycles. The van der Waals surface area contributed by atoms with E-state index in [1.54, 1.807) is 24.3 Å². The molecular weight excluding hydrogens is 298 g/mol. The Balaban J connectivity index is 1.86. The largest absolute Gasteiger partial charge is 0.321 e. The number of ketones is 1. The van der Waals surface area contributed by atoms with Crippen LogP contribution in [0, 0.1) is 0 Å². The Morgan fingerprint density at radius 2 is 1.29 bits per heavy atom. The lowest BCUT2D eigenvalue weighted by atomic mass is 10.0. The Morgan fingerprint density at radius 3 is 1.96 bits per heavy atom. The molecule has 24 heavy (non-hydrogen) atoms. The van der Waals surface area contributed by atoms with Gasteiger partial charge in [0.2, 0.25) is 0 Å². The van der Waals surface area contributed by atoms with Crippen molar-refractivity contribution in [2.75, 3.05) is 5.32 Å². The summed E-state index contributed by atoms with van der Waals surface area (Å²) in [5.41, 5.74) is 3.87. The Morgan fingerprint density at radius 1 is 0.708 bits per heavy atom. The molecule has 0 aromatic heterocycles. The van der Waals surface area contributed by atoms with Crippen LogP contribution in [0.2, 0.25) is 0 Å². The fraction of sp³-hybridized carbons (Fsp3) is 0.0476. The third kappa shape index (κ3) is 3.41. The topological polar surface area (TPSA) is 46.2 Å². The zero-order valence-electron chi connectivity index (χ0n) is 13.3. The van der Waals surface area contributed by atoms with Gasteiger partial charge in [0, 0.05) is 22.4 Å². The van der Waals surface area contributed by atoms with Crippen LogP contribution < -0.4 is 5.32 Å². The summed E-state index contributed by atoms with van der Waals surface area (Å²) in [6.45, 7) is 1.51. The molecule has 3 aromatic carbocycles. The first kappa shape index (κ1) is 15.7. The highest BCUT2D eigenvalue weighted by Gasteiger charge is 2.10. The first-order chi connectivity index (χ1) is 11.6. The average molecular weight is 315 g/mol. The number of Topliss-reactive ketones (excluding diaryl/α,β-unsaturated/α-hetero) is 1. The molecule has 118 valence electrons. The van der Waals surface area contributed by atoms with E-state index in [-0.39, 0.29) is 11.7 Å². The number of nitrogens with one attached hydrogen (secondary N) is 1. The Bertz CT molecular complexity index is 868. The van der Waals surface area contributed by atoms with Crippen LogP contribution in [-0.2, 0) is 0 Å². The molecule has 0 atom stereocenters. The van der Waals surface area contributed by atoms with Crippen molar-refractivity contribution in [2.24, 2.45) is 0 Å². The fourth-order valence-corrected chi connectivity index (χ4v) is 2.51. The third-order valence-corrected chi connectivity index (χ3v) is 3.81. The average Bonchev–Trinajstić information content (AvgIpc) is 2.63. The molecular formula is C21H17NO2. The molecule has 1 N–H and O–H groups in total. The van der Waals surface area contributed by atoms with Crippen molar-refractivity contribution >= 4 is 17.4 Å². The van der Waals surface area contributed by atoms with Gasteiger partial charge in [0.1, 0.15) is 0 Å². The lowest BCUT2D eigenvalue weighted by Gasteiger charge is -2.11. The highest BCUT2D eigenvalue weighted by Crippen LogP contribution is 2.27. The molecule has 0 bridgehead atoms. The van der Waals surface area contributed by atoms with Crippen LogP contribution in [-0.4, -0.2) is 11.7 Å². The highest BCUT2D eigenvalue weighted by atomic mass is 16.1. The van der Waals surface area contributed by atoms with Crippen molar-refractivity contribution in [2.45, 2.75) is 6.92 Å². The van der Waals surface area contributed by atoms with Crippen molar-refractivity contribution in [3.63, 3.8) is 0 Å². The van der Waals surface area contributed by atoms with E-state index < -0.39 is 0 Å². The molecule has 0 heterocycles. The fourth-order valence-electron chi connectivity index (χ4n) is 2.51. The predicted octanol–water partition coefficient (Wildman–Crippen LogP) is 4.81. The van der Waals surface area contributed by atoms with E-state index in [9.17, 15) is 9.59 Å². The van der Waals surface area contributed by atoms with Crippen molar-refractivity contribution in [3.8, 4) is 11.1 Å². The van der Waals surface area contributed by atoms with Gasteiger partial charge in [0.15, 0.2) is 5.78 Å². The van der Waals surface area contributed by atoms with Crippen LogP contribution in [0.15, 0.2) is 78.9 Å². The molecule has 0 radical (unpaired) electrons. The Hall–Kier alpha value is -3.20. The maximum Gasteiger partial charge on any atom is 0.255 e. The minimum absolute atomic E-state index is 0.0172. The molecule has 1 amide bonds. The second kappa shape index (κ2) is 6.92. The number of benzene rings is 3. The maximum atomic E-state index is 12.5. The van der Waals surface area contributed by atoms with E-state index >= 15 is 0 Å². The summed E-state index contributed by atoms with van der Waals surface area (Å²) < 4.78 is 0. The number of hydrogen-bond donors (Lipinski definition) is 1. The Labute approximate surface area is 141 Å². The normalized spacial score (nSPS) is 10.2. The summed E-state index contributed by atoms with van der Waals surface area (Å²) in [5, 5.41) is 2.95. The standard InChI is InChI=1S/C21H17NO2/c1-15(23)16-11-13-18(14-12-16)21(24)22-20-10-6-5-9-19(20)17-7-3-2-4-8-17/h2-14H,1H3,(H,22,24). The summed E-state index contributed by atoms with van der Waals surface area (Å²) in [7, 11) is 0. The molecule has 0 unspecified atom stereocenters. The van der Waals surface area contributed by atoms with Crippen molar-refractivity contribution in [1.82, 2.24) is 0 Å². The van der Waals surface area contributed by atoms with E-state index in [2.05, 4.69) is 5.32 Å². The van der Waals surface area contributed by atoms with E-state index in [4.69, 9.17) is 0 Å². The number of hydrogen-bond acceptors (Lipinski definition) is 2. The number of carbonyl (C=O) groups is 2. The summed E-state index contributed by atoms with van der Waals surface area (Å²) in [5.74, 6) is -0.218. The van der Waals surface area contributed by atoms with Gasteiger partial charge >= 0.3 is 0 Å². The van der Waals surface area contributed by atoms with Crippen molar-refractivity contribution in [3.05, 3.63) is 90.0 Å². The zero-order chi connectivity index (χ0) is 16.9. The van der Waals surface area contributed by atoms with Crippen LogP contribution in [0.3, 0.4) is 0 Å². The molecule has 0 aliphatic rings. The monoisotopic (exact) mass is 315 g/mol. The Kier molecular flexibility index (Phi) is 4.52. The molecule has 3 heteroatoms. The second-order valence-corrected chi connectivity index (χ2v) is 5.50. The van der Waals surface area contributed by atoms with Crippen LogP contribution in [0.1, 0.15) is 27.6 Å². The highest BCUT2D eigenvalue weighted by molar-refractivity contribution is 6.06. The van der Waals surface area contributed by atoms with Gasteiger partial charge in [-0.15, -0.1) is 0 Å². The predicted molar refractivity (Wildman–Crippen MR) is 96.3 cm³/mol. The van der Waals surface area contributed by atoms with Crippen LogP contribution in [0.25, 0.3) is 11.1 Å². The van der Waals surface area contributed by atoms with Gasteiger partial charge in [-0.3, -0.25) is 9.59 Å². The van der Waals surface area contributed by atoms with Crippen LogP contribution >= 0.6 is 0 Å². The summed E-state index contributed by atoms with van der Waals surface area (Å²) in [6, 6.07) is 24.3. The molecule has 0 spiro atoms. The van der Waals surface area contributed by atoms with Gasteiger partial charge < -0.3 is 5.32 Å². The van der Waals surface area contributed by atoms with Crippen molar-refractivity contribution < 1.29 is 9.59 Å². The van der Waals surface area contributed by atoms with Gasteiger partial charge in [-0.1, -0.05) is 60.7 Å². The van der Waals surface area contributed by atoms with Gasteiger partial charge in [-0.05, 0) is 30.7 Å². The van der Waals surface area contributed by atoms with E-state index in [0.29, 0.717) is 11.1 Å². The summed E-state index contributed by atoms with van der Waals surface area (Å²) >= 11 is 0. The van der Waals surface area contributed by atoms with Gasteiger partial charge in [-0.25, -0.2) is 0 Å². The quantitative estimate of drug-likeness (QED) is 0.702. The molecule has 3 nitrogen and oxygen atoms in total. The summed E-state index contributed by atoms with van der Waals surface area (Å²) in [6.07, 6.45) is 0. The van der Waals surface area contributed by atoms with Gasteiger partial charge in [-0.2, -0.15) is 0 Å². The molecule has 0 aliphatic carbocycles. The molecule has 0 saturated carbocycles. The molecule has 3 rings (SSSR count). The number of carbonyl (C=O) groups excluding carboxylic acids is 2. The molecule has 0 fully saturated rings. The third-order valence-electron chi connectivity index (χ3n) is 3.81. The zero-order valence-corrected chi connectivity index (χ0v) is 13.3. The molecule has 0 saturated heterocycles. The number of rotatable bonds is 4. The SMILES string of the molecule is CC(=O)c1ccc(C(=O)Nc2ccccc2-c2ccccc2)cc1. The number of para-hydroxylation sites is 1. The number of anilines is 1. The maximum absolute atomic E-state index is 12.5. The van der Waals surface area contributed by atoms with E-state index in [1.807, 2.05) is 54.6 Å². The minimum atomic E-state index is -0.200. The second-order valence-electron chi connectivity index (χ2n) is 5.50. The first-order valence-corrected chi connectivity index (χ1v) is 7.72. The lowest BCUT2D eigenvalue weighted by Crippen LogP contribution is -2.12. The first-order valence-electron chi connectivity index (χ1n) is 7.72. The lowest BCUT2D eigenvalue weighted by molar-refractivity contribution is 0.101. The van der Waals surface area contributed by atoms with Gasteiger partial charge in [0.05, 0.1) is 0 Å². The summed E-state index contributed by atoms with van der Waals surface area (Å²) in [4.78, 5) is 23.8. The minimum Gasteiger partial charge on any atom is -0.321 e. The van der Waals surface area contributed by atoms with Gasteiger partial charge in [0.25, 0.3) is 5.91 Å². The van der Waals surface area contributed by atoms with Crippen LogP contribution in [0.4, 0.5) is 5.69 Å². The smallest absolute Gasteiger partial charge is 0.255 e. The van der Waals surface area contributed by atoms with E-state index in [0.717, 1.165) is 16.8 Å². The van der Waals surface area contributed by atoms with E-state index in [1.165, 1.54) is 6.92 Å².